The monoisotopic (exact) mass is 538 g/mol. The number of rotatable bonds is 11. The lowest BCUT2D eigenvalue weighted by molar-refractivity contribution is -0.384. The highest BCUT2D eigenvalue weighted by Crippen LogP contribution is 2.28. The molecule has 10 nitrogen and oxygen atoms in total. The molecule has 0 aliphatic rings. The minimum absolute atomic E-state index is 0.0115. The second-order valence-corrected chi connectivity index (χ2v) is 11.0. The largest absolute Gasteiger partial charge is 0.352 e. The first-order valence-electron chi connectivity index (χ1n) is 11.3. The number of amides is 2. The average Bonchev–Trinajstić information content (AvgIpc) is 2.77. The van der Waals surface area contributed by atoms with Crippen molar-refractivity contribution >= 4 is 44.8 Å². The lowest BCUT2D eigenvalue weighted by Crippen LogP contribution is -2.53. The van der Waals surface area contributed by atoms with Gasteiger partial charge in [0.25, 0.3) is 5.69 Å². The number of hydrogen-bond acceptors (Lipinski definition) is 6. The number of carbonyl (C=O) groups excluding carboxylic acids is 2. The molecular weight excluding hydrogens is 508 g/mol. The Balaban J connectivity index is 2.55. The van der Waals surface area contributed by atoms with Gasteiger partial charge >= 0.3 is 0 Å². The molecule has 2 amide bonds. The molecule has 1 atom stereocenters. The number of aryl methyl sites for hydroxylation is 1. The van der Waals surface area contributed by atoms with E-state index in [1.165, 1.54) is 17.0 Å². The van der Waals surface area contributed by atoms with Gasteiger partial charge in [0.05, 0.1) is 16.9 Å². The molecular formula is C24H31ClN4O6S. The Bertz CT molecular complexity index is 1230. The molecule has 0 aromatic heterocycles. The van der Waals surface area contributed by atoms with Gasteiger partial charge in [0, 0.05) is 29.7 Å². The van der Waals surface area contributed by atoms with E-state index in [4.69, 9.17) is 11.6 Å². The van der Waals surface area contributed by atoms with Crippen molar-refractivity contribution in [3.05, 3.63) is 68.7 Å². The molecule has 0 heterocycles. The summed E-state index contributed by atoms with van der Waals surface area (Å²) in [4.78, 5) is 38.6. The molecule has 2 aromatic carbocycles. The van der Waals surface area contributed by atoms with Gasteiger partial charge in [-0.05, 0) is 44.4 Å². The van der Waals surface area contributed by atoms with Gasteiger partial charge < -0.3 is 10.2 Å². The van der Waals surface area contributed by atoms with Crippen molar-refractivity contribution in [2.75, 3.05) is 17.1 Å². The lowest BCUT2D eigenvalue weighted by atomic mass is 10.1. The van der Waals surface area contributed by atoms with E-state index in [0.29, 0.717) is 16.1 Å². The van der Waals surface area contributed by atoms with Crippen LogP contribution in [0.4, 0.5) is 11.4 Å². The van der Waals surface area contributed by atoms with Crippen molar-refractivity contribution in [3.63, 3.8) is 0 Å². The first-order valence-corrected chi connectivity index (χ1v) is 13.5. The van der Waals surface area contributed by atoms with Crippen LogP contribution in [0.3, 0.4) is 0 Å². The summed E-state index contributed by atoms with van der Waals surface area (Å²) in [6.07, 6.45) is 1.18. The minimum atomic E-state index is -4.03. The third-order valence-corrected chi connectivity index (χ3v) is 6.96. The van der Waals surface area contributed by atoms with Crippen LogP contribution in [0.2, 0.25) is 5.02 Å². The van der Waals surface area contributed by atoms with Crippen molar-refractivity contribution in [2.24, 2.45) is 0 Å². The third kappa shape index (κ3) is 7.41. The van der Waals surface area contributed by atoms with E-state index < -0.39 is 33.4 Å². The van der Waals surface area contributed by atoms with Gasteiger partial charge in [-0.2, -0.15) is 0 Å². The molecule has 0 spiro atoms. The van der Waals surface area contributed by atoms with E-state index in [9.17, 15) is 28.1 Å². The molecule has 0 bridgehead atoms. The third-order valence-electron chi connectivity index (χ3n) is 5.47. The number of hydrogen-bond donors (Lipinski definition) is 1. The smallest absolute Gasteiger partial charge is 0.271 e. The van der Waals surface area contributed by atoms with E-state index in [1.54, 1.807) is 52.0 Å². The van der Waals surface area contributed by atoms with Crippen LogP contribution in [0.15, 0.2) is 42.5 Å². The number of benzene rings is 2. The molecule has 2 rings (SSSR count). The Morgan fingerprint density at radius 2 is 1.81 bits per heavy atom. The standard InChI is InChI=1S/C24H31ClN4O6S/c1-6-21(24(31)26-16(2)3)27(14-18-9-7-8-10-20(18)25)23(30)15-28(36(5,34)35)22-13-19(29(32)33)12-11-17(22)4/h7-13,16,21H,6,14-15H2,1-5H3,(H,26,31)/t21-/m1/s1. The molecule has 0 radical (unpaired) electrons. The Labute approximate surface area is 216 Å². The Hall–Kier alpha value is -3.18. The first-order chi connectivity index (χ1) is 16.8. The fourth-order valence-corrected chi connectivity index (χ4v) is 4.78. The first kappa shape index (κ1) is 29.1. The van der Waals surface area contributed by atoms with Crippen LogP contribution in [0.1, 0.15) is 38.3 Å². The zero-order valence-corrected chi connectivity index (χ0v) is 22.5. The zero-order valence-electron chi connectivity index (χ0n) is 20.9. The lowest BCUT2D eigenvalue weighted by Gasteiger charge is -2.33. The van der Waals surface area contributed by atoms with E-state index in [0.717, 1.165) is 16.6 Å². The summed E-state index contributed by atoms with van der Waals surface area (Å²) >= 11 is 6.32. The van der Waals surface area contributed by atoms with E-state index in [2.05, 4.69) is 5.32 Å². The average molecular weight is 539 g/mol. The van der Waals surface area contributed by atoms with Crippen molar-refractivity contribution in [1.29, 1.82) is 0 Å². The summed E-state index contributed by atoms with van der Waals surface area (Å²) in [6.45, 7) is 6.23. The molecule has 36 heavy (non-hydrogen) atoms. The van der Waals surface area contributed by atoms with Gasteiger partial charge in [-0.1, -0.05) is 42.8 Å². The fourth-order valence-electron chi connectivity index (χ4n) is 3.69. The highest BCUT2D eigenvalue weighted by molar-refractivity contribution is 7.92. The van der Waals surface area contributed by atoms with Crippen molar-refractivity contribution in [3.8, 4) is 0 Å². The second kappa shape index (κ2) is 12.2. The van der Waals surface area contributed by atoms with Crippen molar-refractivity contribution < 1.29 is 22.9 Å². The van der Waals surface area contributed by atoms with Gasteiger partial charge in [-0.3, -0.25) is 24.0 Å². The maximum absolute atomic E-state index is 13.7. The molecule has 0 aliphatic carbocycles. The maximum Gasteiger partial charge on any atom is 0.271 e. The summed E-state index contributed by atoms with van der Waals surface area (Å²) in [5.74, 6) is -1.04. The number of nitro benzene ring substituents is 1. The van der Waals surface area contributed by atoms with Crippen molar-refractivity contribution in [1.82, 2.24) is 10.2 Å². The molecule has 0 saturated carbocycles. The van der Waals surface area contributed by atoms with Crippen molar-refractivity contribution in [2.45, 2.75) is 52.7 Å². The van der Waals surface area contributed by atoms with Crippen LogP contribution >= 0.6 is 11.6 Å². The van der Waals surface area contributed by atoms with Gasteiger partial charge in [-0.15, -0.1) is 0 Å². The number of halogens is 1. The van der Waals surface area contributed by atoms with Crippen LogP contribution in [-0.2, 0) is 26.2 Å². The molecule has 1 N–H and O–H groups in total. The van der Waals surface area contributed by atoms with Gasteiger partial charge in [0.15, 0.2) is 0 Å². The summed E-state index contributed by atoms with van der Waals surface area (Å²) in [5, 5.41) is 14.5. The summed E-state index contributed by atoms with van der Waals surface area (Å²) in [7, 11) is -4.03. The predicted molar refractivity (Wildman–Crippen MR) is 139 cm³/mol. The molecule has 0 fully saturated rings. The Morgan fingerprint density at radius 3 is 2.33 bits per heavy atom. The van der Waals surface area contributed by atoms with Crippen LogP contribution in [0.25, 0.3) is 0 Å². The maximum atomic E-state index is 13.7. The minimum Gasteiger partial charge on any atom is -0.352 e. The zero-order chi connectivity index (χ0) is 27.2. The molecule has 0 aliphatic heterocycles. The molecule has 2 aromatic rings. The number of anilines is 1. The predicted octanol–water partition coefficient (Wildman–Crippen LogP) is 3.65. The van der Waals surface area contributed by atoms with Gasteiger partial charge in [0.2, 0.25) is 21.8 Å². The van der Waals surface area contributed by atoms with Gasteiger partial charge in [0.1, 0.15) is 12.6 Å². The topological polar surface area (TPSA) is 130 Å². The normalized spacial score (nSPS) is 12.2. The summed E-state index contributed by atoms with van der Waals surface area (Å²) < 4.78 is 26.3. The summed E-state index contributed by atoms with van der Waals surface area (Å²) in [5.41, 5.74) is 0.714. The number of nitrogens with one attached hydrogen (secondary N) is 1. The molecule has 0 saturated heterocycles. The number of non-ortho nitro benzene ring substituents is 1. The van der Waals surface area contributed by atoms with Crippen LogP contribution in [-0.4, -0.2) is 54.9 Å². The number of nitro groups is 1. The van der Waals surface area contributed by atoms with E-state index >= 15 is 0 Å². The number of nitrogens with zero attached hydrogens (tertiary/aromatic N) is 3. The van der Waals surface area contributed by atoms with Crippen LogP contribution < -0.4 is 9.62 Å². The number of sulfonamides is 1. The Morgan fingerprint density at radius 1 is 1.17 bits per heavy atom. The molecule has 12 heteroatoms. The van der Waals surface area contributed by atoms with Crippen LogP contribution in [0.5, 0.6) is 0 Å². The van der Waals surface area contributed by atoms with Crippen LogP contribution in [0, 0.1) is 17.0 Å². The molecule has 196 valence electrons. The SMILES string of the molecule is CC[C@H](C(=O)NC(C)C)N(Cc1ccccc1Cl)C(=O)CN(c1cc([N+](=O)[O-])ccc1C)S(C)(=O)=O. The fraction of sp³-hybridized carbons (Fsp3) is 0.417. The quantitative estimate of drug-likeness (QED) is 0.343. The van der Waals surface area contributed by atoms with E-state index in [-0.39, 0.29) is 36.3 Å². The highest BCUT2D eigenvalue weighted by atomic mass is 35.5. The highest BCUT2D eigenvalue weighted by Gasteiger charge is 2.33. The summed E-state index contributed by atoms with van der Waals surface area (Å²) in [6, 6.07) is 9.57. The Kier molecular flexibility index (Phi) is 9.83. The van der Waals surface area contributed by atoms with E-state index in [1.807, 2.05) is 0 Å². The second-order valence-electron chi connectivity index (χ2n) is 8.70. The molecule has 0 unspecified atom stereocenters. The number of carbonyl (C=O) groups is 2. The van der Waals surface area contributed by atoms with Gasteiger partial charge in [-0.25, -0.2) is 8.42 Å².